The van der Waals surface area contributed by atoms with Crippen LogP contribution < -0.4 is 0 Å². The van der Waals surface area contributed by atoms with E-state index in [0.717, 1.165) is 11.8 Å². The van der Waals surface area contributed by atoms with Crippen LogP contribution in [0.2, 0.25) is 5.02 Å². The summed E-state index contributed by atoms with van der Waals surface area (Å²) in [5.41, 5.74) is 0.0566. The molecule has 88 valence electrons. The minimum Gasteiger partial charge on any atom is -0.288 e. The van der Waals surface area contributed by atoms with Gasteiger partial charge < -0.3 is 0 Å². The van der Waals surface area contributed by atoms with Gasteiger partial charge in [-0.3, -0.25) is 14.9 Å². The molecule has 0 atom stereocenters. The molecule has 0 bridgehead atoms. The number of carbonyl (C=O) groups excluding carboxylic acids is 1. The average Bonchev–Trinajstić information content (AvgIpc) is 2.25. The minimum absolute atomic E-state index is 0.0482. The van der Waals surface area contributed by atoms with Crippen LogP contribution in [0.1, 0.15) is 12.5 Å². The molecular weight excluding hydrogens is 262 g/mol. The van der Waals surface area contributed by atoms with Crippen LogP contribution in [0.15, 0.2) is 18.2 Å². The van der Waals surface area contributed by atoms with Gasteiger partial charge in [0.1, 0.15) is 5.56 Å². The van der Waals surface area contributed by atoms with E-state index < -0.39 is 4.92 Å². The van der Waals surface area contributed by atoms with Crippen LogP contribution in [0.3, 0.4) is 0 Å². The van der Waals surface area contributed by atoms with E-state index in [1.165, 1.54) is 25.1 Å². The molecule has 6 heteroatoms. The second kappa shape index (κ2) is 6.28. The zero-order valence-corrected chi connectivity index (χ0v) is 10.5. The van der Waals surface area contributed by atoms with Gasteiger partial charge in [0.25, 0.3) is 5.69 Å². The Bertz CT molecular complexity index is 519. The monoisotopic (exact) mass is 269 g/mol. The summed E-state index contributed by atoms with van der Waals surface area (Å²) in [6, 6.07) is 4.38. The smallest absolute Gasteiger partial charge is 0.286 e. The van der Waals surface area contributed by atoms with Crippen LogP contribution in [0, 0.1) is 22.0 Å². The topological polar surface area (TPSA) is 60.2 Å². The SMILES string of the molecule is CC(=O)SCC#Cc1c(Cl)cccc1[N+](=O)[O-]. The molecule has 0 amide bonds. The zero-order valence-electron chi connectivity index (χ0n) is 8.90. The van der Waals surface area contributed by atoms with Crippen molar-refractivity contribution in [2.75, 3.05) is 5.75 Å². The first-order valence-electron chi connectivity index (χ1n) is 4.57. The van der Waals surface area contributed by atoms with Crippen molar-refractivity contribution in [1.29, 1.82) is 0 Å². The summed E-state index contributed by atoms with van der Waals surface area (Å²) in [7, 11) is 0. The fraction of sp³-hybridized carbons (Fsp3) is 0.182. The molecule has 0 N–H and O–H groups in total. The van der Waals surface area contributed by atoms with Gasteiger partial charge in [0.2, 0.25) is 0 Å². The number of nitro benzene ring substituents is 1. The van der Waals surface area contributed by atoms with Crippen LogP contribution in [0.4, 0.5) is 5.69 Å². The average molecular weight is 270 g/mol. The first-order chi connectivity index (χ1) is 8.02. The van der Waals surface area contributed by atoms with Gasteiger partial charge in [-0.2, -0.15) is 0 Å². The Morgan fingerprint density at radius 2 is 2.29 bits per heavy atom. The lowest BCUT2D eigenvalue weighted by Crippen LogP contribution is -1.92. The van der Waals surface area contributed by atoms with Crippen molar-refractivity contribution in [3.05, 3.63) is 38.9 Å². The van der Waals surface area contributed by atoms with E-state index >= 15 is 0 Å². The number of carbonyl (C=O) groups is 1. The summed E-state index contributed by atoms with van der Waals surface area (Å²) in [6.07, 6.45) is 0. The van der Waals surface area contributed by atoms with Crippen molar-refractivity contribution in [3.8, 4) is 11.8 Å². The highest BCUT2D eigenvalue weighted by Gasteiger charge is 2.14. The van der Waals surface area contributed by atoms with Crippen LogP contribution in [0.25, 0.3) is 0 Å². The van der Waals surface area contributed by atoms with Crippen molar-refractivity contribution < 1.29 is 9.72 Å². The molecule has 0 aliphatic heterocycles. The minimum atomic E-state index is -0.534. The van der Waals surface area contributed by atoms with E-state index in [9.17, 15) is 14.9 Å². The Labute approximate surface area is 107 Å². The first kappa shape index (κ1) is 13.6. The number of thioether (sulfide) groups is 1. The van der Waals surface area contributed by atoms with E-state index in [4.69, 9.17) is 11.6 Å². The fourth-order valence-corrected chi connectivity index (χ4v) is 1.62. The van der Waals surface area contributed by atoms with Gasteiger partial charge in [0, 0.05) is 13.0 Å². The summed E-state index contributed by atoms with van der Waals surface area (Å²) < 4.78 is 0. The third-order valence-electron chi connectivity index (χ3n) is 1.75. The summed E-state index contributed by atoms with van der Waals surface area (Å²) in [5.74, 6) is 5.58. The van der Waals surface area contributed by atoms with Gasteiger partial charge in [-0.15, -0.1) is 0 Å². The number of nitrogens with zero attached hydrogens (tertiary/aromatic N) is 1. The Kier molecular flexibility index (Phi) is 5.01. The maximum absolute atomic E-state index is 10.7. The molecule has 1 aromatic carbocycles. The van der Waals surface area contributed by atoms with Gasteiger partial charge in [-0.1, -0.05) is 41.3 Å². The predicted octanol–water partition coefficient (Wildman–Crippen LogP) is 2.88. The first-order valence-corrected chi connectivity index (χ1v) is 5.94. The molecule has 0 fully saturated rings. The number of halogens is 1. The second-order valence-corrected chi connectivity index (χ2v) is 4.53. The molecule has 0 radical (unpaired) electrons. The van der Waals surface area contributed by atoms with Crippen LogP contribution in [-0.4, -0.2) is 15.8 Å². The molecule has 0 aromatic heterocycles. The Hall–Kier alpha value is -1.51. The molecule has 0 aliphatic carbocycles. The van der Waals surface area contributed by atoms with Crippen LogP contribution >= 0.6 is 23.4 Å². The summed E-state index contributed by atoms with van der Waals surface area (Å²) in [4.78, 5) is 20.9. The molecule has 1 aromatic rings. The molecule has 0 saturated carbocycles. The number of nitro groups is 1. The van der Waals surface area contributed by atoms with Gasteiger partial charge in [0.05, 0.1) is 15.7 Å². The van der Waals surface area contributed by atoms with Crippen molar-refractivity contribution in [3.63, 3.8) is 0 Å². The zero-order chi connectivity index (χ0) is 12.8. The van der Waals surface area contributed by atoms with E-state index in [2.05, 4.69) is 11.8 Å². The molecular formula is C11H8ClNO3S. The number of hydrogen-bond donors (Lipinski definition) is 0. The lowest BCUT2D eigenvalue weighted by atomic mass is 10.2. The van der Waals surface area contributed by atoms with Crippen molar-refractivity contribution in [2.45, 2.75) is 6.92 Å². The molecule has 0 spiro atoms. The number of hydrogen-bond acceptors (Lipinski definition) is 4. The van der Waals surface area contributed by atoms with E-state index in [-0.39, 0.29) is 27.1 Å². The highest BCUT2D eigenvalue weighted by Crippen LogP contribution is 2.24. The highest BCUT2D eigenvalue weighted by atomic mass is 35.5. The number of benzene rings is 1. The fourth-order valence-electron chi connectivity index (χ4n) is 1.05. The molecule has 0 unspecified atom stereocenters. The van der Waals surface area contributed by atoms with Gasteiger partial charge in [0.15, 0.2) is 5.12 Å². The predicted molar refractivity (Wildman–Crippen MR) is 68.1 cm³/mol. The molecule has 4 nitrogen and oxygen atoms in total. The van der Waals surface area contributed by atoms with Crippen molar-refractivity contribution in [2.24, 2.45) is 0 Å². The lowest BCUT2D eigenvalue weighted by Gasteiger charge is -1.97. The normalized spacial score (nSPS) is 9.29. The largest absolute Gasteiger partial charge is 0.288 e. The summed E-state index contributed by atoms with van der Waals surface area (Å²) in [5, 5.41) is 10.9. The Balaban J connectivity index is 2.96. The molecule has 1 rings (SSSR count). The van der Waals surface area contributed by atoms with Gasteiger partial charge in [-0.25, -0.2) is 0 Å². The summed E-state index contributed by atoms with van der Waals surface area (Å²) in [6.45, 7) is 1.43. The Morgan fingerprint density at radius 1 is 1.59 bits per heavy atom. The third-order valence-corrected chi connectivity index (χ3v) is 2.76. The van der Waals surface area contributed by atoms with E-state index in [0.29, 0.717) is 0 Å². The van der Waals surface area contributed by atoms with Crippen LogP contribution in [-0.2, 0) is 4.79 Å². The van der Waals surface area contributed by atoms with Gasteiger partial charge in [-0.05, 0) is 6.07 Å². The van der Waals surface area contributed by atoms with Crippen LogP contribution in [0.5, 0.6) is 0 Å². The quantitative estimate of drug-likeness (QED) is 0.470. The lowest BCUT2D eigenvalue weighted by molar-refractivity contribution is -0.385. The molecule has 17 heavy (non-hydrogen) atoms. The molecule has 0 saturated heterocycles. The maximum Gasteiger partial charge on any atom is 0.286 e. The van der Waals surface area contributed by atoms with Crippen molar-refractivity contribution in [1.82, 2.24) is 0 Å². The third kappa shape index (κ3) is 4.10. The molecule has 0 heterocycles. The van der Waals surface area contributed by atoms with Crippen molar-refractivity contribution >= 4 is 34.2 Å². The van der Waals surface area contributed by atoms with E-state index in [1.54, 1.807) is 0 Å². The molecule has 0 aliphatic rings. The summed E-state index contributed by atoms with van der Waals surface area (Å²) >= 11 is 6.88. The highest BCUT2D eigenvalue weighted by molar-refractivity contribution is 8.13. The number of rotatable bonds is 2. The second-order valence-electron chi connectivity index (χ2n) is 2.97. The van der Waals surface area contributed by atoms with E-state index in [1.807, 2.05) is 0 Å². The van der Waals surface area contributed by atoms with Gasteiger partial charge >= 0.3 is 0 Å². The Morgan fingerprint density at radius 3 is 2.88 bits per heavy atom. The maximum atomic E-state index is 10.7. The standard InChI is InChI=1S/C11H8ClNO3S/c1-8(14)17-7-3-4-9-10(12)5-2-6-11(9)13(15)16/h2,5-6H,7H2,1H3.